The average molecular weight is 262 g/mol. The minimum Gasteiger partial charge on any atom is -0.398 e. The minimum absolute atomic E-state index is 0.122. The van der Waals surface area contributed by atoms with Crippen LogP contribution >= 0.6 is 11.3 Å². The van der Waals surface area contributed by atoms with Gasteiger partial charge in [-0.3, -0.25) is 14.9 Å². The summed E-state index contributed by atoms with van der Waals surface area (Å²) < 4.78 is 0. The summed E-state index contributed by atoms with van der Waals surface area (Å²) in [7, 11) is 0. The van der Waals surface area contributed by atoms with E-state index in [2.05, 4.69) is 10.3 Å². The molecule has 0 saturated heterocycles. The fraction of sp³-hybridized carbons (Fsp3) is 0. The molecule has 2 amide bonds. The SMILES string of the molecule is NC(=O)c1csc(NC(=O)c2ccccc2N)n1. The Balaban J connectivity index is 2.16. The molecule has 0 aliphatic heterocycles. The molecule has 1 aromatic heterocycles. The maximum atomic E-state index is 11.9. The third kappa shape index (κ3) is 2.46. The molecule has 2 aromatic rings. The van der Waals surface area contributed by atoms with E-state index in [-0.39, 0.29) is 11.6 Å². The first-order chi connectivity index (χ1) is 8.58. The molecule has 0 aliphatic rings. The van der Waals surface area contributed by atoms with Crippen LogP contribution in [0, 0.1) is 0 Å². The highest BCUT2D eigenvalue weighted by atomic mass is 32.1. The van der Waals surface area contributed by atoms with E-state index in [0.29, 0.717) is 16.4 Å². The summed E-state index contributed by atoms with van der Waals surface area (Å²) in [6.07, 6.45) is 0. The largest absolute Gasteiger partial charge is 0.398 e. The van der Waals surface area contributed by atoms with Gasteiger partial charge in [0.05, 0.1) is 5.56 Å². The zero-order valence-electron chi connectivity index (χ0n) is 9.21. The fourth-order valence-electron chi connectivity index (χ4n) is 1.31. The molecule has 1 heterocycles. The maximum Gasteiger partial charge on any atom is 0.268 e. The molecule has 0 aliphatic carbocycles. The zero-order chi connectivity index (χ0) is 13.1. The van der Waals surface area contributed by atoms with Crippen molar-refractivity contribution in [3.63, 3.8) is 0 Å². The summed E-state index contributed by atoms with van der Waals surface area (Å²) in [5.74, 6) is -1.01. The quantitative estimate of drug-likeness (QED) is 0.718. The van der Waals surface area contributed by atoms with E-state index in [9.17, 15) is 9.59 Å². The molecule has 6 nitrogen and oxygen atoms in total. The first-order valence-corrected chi connectivity index (χ1v) is 5.87. The Bertz CT molecular complexity index is 609. The van der Waals surface area contributed by atoms with Crippen LogP contribution < -0.4 is 16.8 Å². The van der Waals surface area contributed by atoms with Gasteiger partial charge in [0, 0.05) is 11.1 Å². The van der Waals surface area contributed by atoms with Crippen LogP contribution in [-0.4, -0.2) is 16.8 Å². The topological polar surface area (TPSA) is 111 Å². The number of thiazole rings is 1. The number of benzene rings is 1. The number of primary amides is 1. The molecule has 0 saturated carbocycles. The van der Waals surface area contributed by atoms with Crippen molar-refractivity contribution in [1.29, 1.82) is 0 Å². The number of nitrogens with two attached hydrogens (primary N) is 2. The van der Waals surface area contributed by atoms with Crippen molar-refractivity contribution in [2.75, 3.05) is 11.1 Å². The average Bonchev–Trinajstić information content (AvgIpc) is 2.78. The number of nitrogens with one attached hydrogen (secondary N) is 1. The molecular weight excluding hydrogens is 252 g/mol. The molecule has 0 bridgehead atoms. The lowest BCUT2D eigenvalue weighted by Crippen LogP contribution is -2.15. The third-order valence-corrected chi connectivity index (χ3v) is 2.94. The normalized spacial score (nSPS) is 10.0. The Labute approximate surface area is 107 Å². The van der Waals surface area contributed by atoms with Gasteiger partial charge in [0.1, 0.15) is 5.69 Å². The summed E-state index contributed by atoms with van der Waals surface area (Å²) in [5.41, 5.74) is 11.6. The highest BCUT2D eigenvalue weighted by molar-refractivity contribution is 7.14. The first kappa shape index (κ1) is 12.1. The number of nitrogens with zero attached hydrogens (tertiary/aromatic N) is 1. The number of hydrogen-bond donors (Lipinski definition) is 3. The Morgan fingerprint density at radius 3 is 2.61 bits per heavy atom. The Morgan fingerprint density at radius 2 is 2.00 bits per heavy atom. The Kier molecular flexibility index (Phi) is 3.24. The lowest BCUT2D eigenvalue weighted by atomic mass is 10.2. The van der Waals surface area contributed by atoms with Gasteiger partial charge in [-0.15, -0.1) is 11.3 Å². The Morgan fingerprint density at radius 1 is 1.28 bits per heavy atom. The molecule has 7 heteroatoms. The molecule has 0 atom stereocenters. The Hall–Kier alpha value is -2.41. The van der Waals surface area contributed by atoms with Gasteiger partial charge in [0.25, 0.3) is 11.8 Å². The van der Waals surface area contributed by atoms with E-state index in [4.69, 9.17) is 11.5 Å². The van der Waals surface area contributed by atoms with Crippen LogP contribution in [0.4, 0.5) is 10.8 Å². The van der Waals surface area contributed by atoms with Gasteiger partial charge in [-0.2, -0.15) is 0 Å². The second-order valence-corrected chi connectivity index (χ2v) is 4.30. The van der Waals surface area contributed by atoms with Crippen molar-refractivity contribution < 1.29 is 9.59 Å². The van der Waals surface area contributed by atoms with Crippen LogP contribution in [0.3, 0.4) is 0 Å². The molecule has 0 fully saturated rings. The number of anilines is 2. The summed E-state index contributed by atoms with van der Waals surface area (Å²) >= 11 is 1.12. The fourth-order valence-corrected chi connectivity index (χ4v) is 2.01. The lowest BCUT2D eigenvalue weighted by molar-refractivity contribution is 0.0992. The standard InChI is InChI=1S/C11H10N4O2S/c12-7-4-2-1-3-6(7)10(17)15-11-14-8(5-18-11)9(13)16/h1-5H,12H2,(H2,13,16)(H,14,15,17). The highest BCUT2D eigenvalue weighted by Crippen LogP contribution is 2.18. The number of carbonyl (C=O) groups excluding carboxylic acids is 2. The smallest absolute Gasteiger partial charge is 0.268 e. The molecule has 2 rings (SSSR count). The molecule has 0 radical (unpaired) electrons. The molecular formula is C11H10N4O2S. The van der Waals surface area contributed by atoms with Crippen LogP contribution in [0.1, 0.15) is 20.8 Å². The van der Waals surface area contributed by atoms with Crippen LogP contribution in [0.2, 0.25) is 0 Å². The van der Waals surface area contributed by atoms with Gasteiger partial charge in [-0.05, 0) is 12.1 Å². The van der Waals surface area contributed by atoms with E-state index < -0.39 is 5.91 Å². The monoisotopic (exact) mass is 262 g/mol. The zero-order valence-corrected chi connectivity index (χ0v) is 10.0. The van der Waals surface area contributed by atoms with Gasteiger partial charge < -0.3 is 11.5 Å². The number of para-hydroxylation sites is 1. The summed E-state index contributed by atoms with van der Waals surface area (Å²) in [6, 6.07) is 6.68. The molecule has 18 heavy (non-hydrogen) atoms. The van der Waals surface area contributed by atoms with Gasteiger partial charge in [0.15, 0.2) is 5.13 Å². The number of hydrogen-bond acceptors (Lipinski definition) is 5. The van der Waals surface area contributed by atoms with Crippen molar-refractivity contribution in [1.82, 2.24) is 4.98 Å². The summed E-state index contributed by atoms with van der Waals surface area (Å²) in [4.78, 5) is 26.6. The van der Waals surface area contributed by atoms with E-state index in [1.807, 2.05) is 0 Å². The van der Waals surface area contributed by atoms with Crippen molar-refractivity contribution in [2.24, 2.45) is 5.73 Å². The van der Waals surface area contributed by atoms with Gasteiger partial charge in [0.2, 0.25) is 0 Å². The number of carbonyl (C=O) groups is 2. The van der Waals surface area contributed by atoms with Crippen molar-refractivity contribution >= 4 is 34.0 Å². The third-order valence-electron chi connectivity index (χ3n) is 2.18. The molecule has 0 unspecified atom stereocenters. The van der Waals surface area contributed by atoms with Gasteiger partial charge >= 0.3 is 0 Å². The summed E-state index contributed by atoms with van der Waals surface area (Å²) in [6.45, 7) is 0. The van der Waals surface area contributed by atoms with Crippen molar-refractivity contribution in [2.45, 2.75) is 0 Å². The predicted octanol–water partition coefficient (Wildman–Crippen LogP) is 1.08. The number of rotatable bonds is 3. The van der Waals surface area contributed by atoms with Gasteiger partial charge in [-0.25, -0.2) is 4.98 Å². The van der Waals surface area contributed by atoms with Crippen molar-refractivity contribution in [3.8, 4) is 0 Å². The van der Waals surface area contributed by atoms with Crippen molar-refractivity contribution in [3.05, 3.63) is 40.9 Å². The van der Waals surface area contributed by atoms with Crippen LogP contribution in [-0.2, 0) is 0 Å². The van der Waals surface area contributed by atoms with E-state index in [1.54, 1.807) is 24.3 Å². The molecule has 5 N–H and O–H groups in total. The van der Waals surface area contributed by atoms with Crippen LogP contribution in [0.25, 0.3) is 0 Å². The predicted molar refractivity (Wildman–Crippen MR) is 69.4 cm³/mol. The second kappa shape index (κ2) is 4.84. The van der Waals surface area contributed by atoms with E-state index >= 15 is 0 Å². The maximum absolute atomic E-state index is 11.9. The van der Waals surface area contributed by atoms with E-state index in [0.717, 1.165) is 11.3 Å². The number of nitrogen functional groups attached to an aromatic ring is 1. The minimum atomic E-state index is -0.633. The number of amides is 2. The second-order valence-electron chi connectivity index (χ2n) is 3.44. The number of aromatic nitrogens is 1. The molecule has 1 aromatic carbocycles. The van der Waals surface area contributed by atoms with Gasteiger partial charge in [-0.1, -0.05) is 12.1 Å². The highest BCUT2D eigenvalue weighted by Gasteiger charge is 2.12. The summed E-state index contributed by atoms with van der Waals surface area (Å²) in [5, 5.41) is 4.34. The van der Waals surface area contributed by atoms with Crippen LogP contribution in [0.5, 0.6) is 0 Å². The molecule has 92 valence electrons. The van der Waals surface area contributed by atoms with Crippen LogP contribution in [0.15, 0.2) is 29.6 Å². The first-order valence-electron chi connectivity index (χ1n) is 4.99. The molecule has 0 spiro atoms. The van der Waals surface area contributed by atoms with E-state index in [1.165, 1.54) is 5.38 Å². The lowest BCUT2D eigenvalue weighted by Gasteiger charge is -2.04.